The summed E-state index contributed by atoms with van der Waals surface area (Å²) >= 11 is 0. The zero-order valence-corrected chi connectivity index (χ0v) is 13.3. The molecule has 0 aliphatic rings. The SMILES string of the molecule is CCC(C)Nc1cnc(C(=O)N(C)Cc2ccccc2)cn1. The van der Waals surface area contributed by atoms with Crippen LogP contribution in [0.15, 0.2) is 42.7 Å². The van der Waals surface area contributed by atoms with E-state index in [1.165, 1.54) is 6.20 Å². The Kier molecular flexibility index (Phi) is 5.47. The molecule has 22 heavy (non-hydrogen) atoms. The lowest BCUT2D eigenvalue weighted by Gasteiger charge is -2.17. The summed E-state index contributed by atoms with van der Waals surface area (Å²) in [6, 6.07) is 10.2. The first-order valence-electron chi connectivity index (χ1n) is 7.48. The number of benzene rings is 1. The minimum Gasteiger partial charge on any atom is -0.366 e. The maximum Gasteiger partial charge on any atom is 0.274 e. The van der Waals surface area contributed by atoms with Crippen LogP contribution < -0.4 is 5.32 Å². The van der Waals surface area contributed by atoms with Crippen LogP contribution in [0.1, 0.15) is 36.3 Å². The number of carbonyl (C=O) groups excluding carboxylic acids is 1. The zero-order valence-electron chi connectivity index (χ0n) is 13.3. The summed E-state index contributed by atoms with van der Waals surface area (Å²) in [5.41, 5.74) is 1.44. The van der Waals surface area contributed by atoms with Gasteiger partial charge >= 0.3 is 0 Å². The van der Waals surface area contributed by atoms with Crippen LogP contribution in [0.2, 0.25) is 0 Å². The molecule has 1 amide bonds. The van der Waals surface area contributed by atoms with Crippen LogP contribution in [0, 0.1) is 0 Å². The molecule has 116 valence electrons. The summed E-state index contributed by atoms with van der Waals surface area (Å²) in [6.45, 7) is 4.73. The summed E-state index contributed by atoms with van der Waals surface area (Å²) in [6.07, 6.45) is 4.13. The second kappa shape index (κ2) is 7.54. The van der Waals surface area contributed by atoms with Gasteiger partial charge in [0.25, 0.3) is 5.91 Å². The van der Waals surface area contributed by atoms with Crippen molar-refractivity contribution in [3.8, 4) is 0 Å². The van der Waals surface area contributed by atoms with Crippen molar-refractivity contribution in [2.75, 3.05) is 12.4 Å². The van der Waals surface area contributed by atoms with E-state index in [1.807, 2.05) is 30.3 Å². The van der Waals surface area contributed by atoms with Gasteiger partial charge < -0.3 is 10.2 Å². The Morgan fingerprint density at radius 2 is 1.95 bits per heavy atom. The molecule has 0 bridgehead atoms. The van der Waals surface area contributed by atoms with E-state index >= 15 is 0 Å². The molecule has 5 nitrogen and oxygen atoms in total. The molecule has 2 aromatic rings. The molecule has 1 unspecified atom stereocenters. The molecule has 0 spiro atoms. The fourth-order valence-electron chi connectivity index (χ4n) is 1.99. The second-order valence-electron chi connectivity index (χ2n) is 5.39. The molecule has 1 N–H and O–H groups in total. The third kappa shape index (κ3) is 4.28. The summed E-state index contributed by atoms with van der Waals surface area (Å²) in [5, 5.41) is 3.23. The molecule has 1 atom stereocenters. The van der Waals surface area contributed by atoms with Crippen LogP contribution in [0.5, 0.6) is 0 Å². The van der Waals surface area contributed by atoms with E-state index < -0.39 is 0 Å². The van der Waals surface area contributed by atoms with E-state index in [0.29, 0.717) is 24.1 Å². The minimum atomic E-state index is -0.133. The third-order valence-corrected chi connectivity index (χ3v) is 3.49. The summed E-state index contributed by atoms with van der Waals surface area (Å²) < 4.78 is 0. The average Bonchev–Trinajstić information content (AvgIpc) is 2.55. The molecule has 1 aromatic heterocycles. The Bertz CT molecular complexity index is 598. The Balaban J connectivity index is 2.00. The zero-order chi connectivity index (χ0) is 15.9. The number of hydrogen-bond donors (Lipinski definition) is 1. The first kappa shape index (κ1) is 15.9. The third-order valence-electron chi connectivity index (χ3n) is 3.49. The lowest BCUT2D eigenvalue weighted by molar-refractivity contribution is 0.0779. The topological polar surface area (TPSA) is 58.1 Å². The number of carbonyl (C=O) groups is 1. The lowest BCUT2D eigenvalue weighted by Crippen LogP contribution is -2.27. The first-order chi connectivity index (χ1) is 10.6. The highest BCUT2D eigenvalue weighted by Crippen LogP contribution is 2.09. The van der Waals surface area contributed by atoms with Gasteiger partial charge in [-0.15, -0.1) is 0 Å². The normalized spacial score (nSPS) is 11.8. The molecular formula is C17H22N4O. The lowest BCUT2D eigenvalue weighted by atomic mass is 10.2. The molecule has 0 saturated heterocycles. The van der Waals surface area contributed by atoms with E-state index in [0.717, 1.165) is 12.0 Å². The number of anilines is 1. The van der Waals surface area contributed by atoms with Gasteiger partial charge in [-0.2, -0.15) is 0 Å². The van der Waals surface area contributed by atoms with Gasteiger partial charge in [0, 0.05) is 19.6 Å². The smallest absolute Gasteiger partial charge is 0.274 e. The standard InChI is InChI=1S/C17H22N4O/c1-4-13(2)20-16-11-18-15(10-19-16)17(22)21(3)12-14-8-6-5-7-9-14/h5-11,13H,4,12H2,1-3H3,(H,19,20). The second-order valence-corrected chi connectivity index (χ2v) is 5.39. The van der Waals surface area contributed by atoms with Gasteiger partial charge in [0.1, 0.15) is 11.5 Å². The average molecular weight is 298 g/mol. The van der Waals surface area contributed by atoms with Gasteiger partial charge in [-0.05, 0) is 18.9 Å². The van der Waals surface area contributed by atoms with Crippen molar-refractivity contribution >= 4 is 11.7 Å². The van der Waals surface area contributed by atoms with E-state index in [2.05, 4.69) is 29.1 Å². The fourth-order valence-corrected chi connectivity index (χ4v) is 1.99. The van der Waals surface area contributed by atoms with Crippen LogP contribution in [0.3, 0.4) is 0 Å². The summed E-state index contributed by atoms with van der Waals surface area (Å²) in [7, 11) is 1.77. The Morgan fingerprint density at radius 1 is 1.23 bits per heavy atom. The predicted molar refractivity (Wildman–Crippen MR) is 87.6 cm³/mol. The van der Waals surface area contributed by atoms with E-state index in [-0.39, 0.29) is 5.91 Å². The molecule has 0 fully saturated rings. The van der Waals surface area contributed by atoms with E-state index in [9.17, 15) is 4.79 Å². The molecule has 0 radical (unpaired) electrons. The van der Waals surface area contributed by atoms with Crippen LogP contribution in [0.4, 0.5) is 5.82 Å². The largest absolute Gasteiger partial charge is 0.366 e. The number of nitrogens with one attached hydrogen (secondary N) is 1. The molecule has 0 aliphatic heterocycles. The van der Waals surface area contributed by atoms with E-state index in [4.69, 9.17) is 0 Å². The highest BCUT2D eigenvalue weighted by Gasteiger charge is 2.14. The highest BCUT2D eigenvalue weighted by molar-refractivity contribution is 5.91. The highest BCUT2D eigenvalue weighted by atomic mass is 16.2. The summed E-state index contributed by atoms with van der Waals surface area (Å²) in [5.74, 6) is 0.558. The monoisotopic (exact) mass is 298 g/mol. The quantitative estimate of drug-likeness (QED) is 0.890. The molecule has 0 saturated carbocycles. The van der Waals surface area contributed by atoms with E-state index in [1.54, 1.807) is 18.1 Å². The Labute approximate surface area is 131 Å². The van der Waals surface area contributed by atoms with Gasteiger partial charge in [0.15, 0.2) is 0 Å². The molecule has 1 heterocycles. The molecular weight excluding hydrogens is 276 g/mol. The van der Waals surface area contributed by atoms with Crippen molar-refractivity contribution in [2.45, 2.75) is 32.9 Å². The maximum absolute atomic E-state index is 12.3. The Morgan fingerprint density at radius 3 is 2.55 bits per heavy atom. The van der Waals surface area contributed by atoms with Gasteiger partial charge in [-0.1, -0.05) is 37.3 Å². The van der Waals surface area contributed by atoms with Crippen molar-refractivity contribution in [2.24, 2.45) is 0 Å². The van der Waals surface area contributed by atoms with Crippen molar-refractivity contribution in [3.05, 3.63) is 54.0 Å². The van der Waals surface area contributed by atoms with Crippen LogP contribution >= 0.6 is 0 Å². The van der Waals surface area contributed by atoms with Gasteiger partial charge in [-0.25, -0.2) is 9.97 Å². The number of amides is 1. The number of hydrogen-bond acceptors (Lipinski definition) is 4. The number of nitrogens with zero attached hydrogens (tertiary/aromatic N) is 3. The van der Waals surface area contributed by atoms with Gasteiger partial charge in [0.05, 0.1) is 12.4 Å². The first-order valence-corrected chi connectivity index (χ1v) is 7.48. The maximum atomic E-state index is 12.3. The molecule has 5 heteroatoms. The molecule has 1 aromatic carbocycles. The van der Waals surface area contributed by atoms with Gasteiger partial charge in [0.2, 0.25) is 0 Å². The summed E-state index contributed by atoms with van der Waals surface area (Å²) in [4.78, 5) is 22.5. The van der Waals surface area contributed by atoms with Crippen LogP contribution in [0.25, 0.3) is 0 Å². The van der Waals surface area contributed by atoms with Gasteiger partial charge in [-0.3, -0.25) is 4.79 Å². The van der Waals surface area contributed by atoms with Crippen molar-refractivity contribution in [3.63, 3.8) is 0 Å². The van der Waals surface area contributed by atoms with Crippen LogP contribution in [-0.2, 0) is 6.54 Å². The fraction of sp³-hybridized carbons (Fsp3) is 0.353. The number of rotatable bonds is 6. The van der Waals surface area contributed by atoms with Crippen molar-refractivity contribution < 1.29 is 4.79 Å². The molecule has 0 aliphatic carbocycles. The number of aromatic nitrogens is 2. The van der Waals surface area contributed by atoms with Crippen LogP contribution in [-0.4, -0.2) is 33.9 Å². The van der Waals surface area contributed by atoms with Crippen molar-refractivity contribution in [1.29, 1.82) is 0 Å². The Hall–Kier alpha value is -2.43. The minimum absolute atomic E-state index is 0.133. The predicted octanol–water partition coefficient (Wildman–Crippen LogP) is 2.96. The van der Waals surface area contributed by atoms with Crippen molar-refractivity contribution in [1.82, 2.24) is 14.9 Å². The molecule has 2 rings (SSSR count).